The number of nitrogens with zero attached hydrogens (tertiary/aromatic N) is 3. The van der Waals surface area contributed by atoms with E-state index in [1.165, 1.54) is 42.9 Å². The van der Waals surface area contributed by atoms with Crippen molar-refractivity contribution in [1.82, 2.24) is 19.3 Å². The quantitative estimate of drug-likeness (QED) is 0.233. The van der Waals surface area contributed by atoms with E-state index in [4.69, 9.17) is 0 Å². The lowest BCUT2D eigenvalue weighted by Gasteiger charge is -2.19. The highest BCUT2D eigenvalue weighted by molar-refractivity contribution is 5.97. The van der Waals surface area contributed by atoms with Crippen molar-refractivity contribution in [2.24, 2.45) is 7.05 Å². The van der Waals surface area contributed by atoms with E-state index in [1.807, 2.05) is 6.92 Å². The largest absolute Gasteiger partial charge is 0.480 e. The maximum Gasteiger partial charge on any atom is 0.417 e. The molecule has 0 saturated heterocycles. The fourth-order valence-electron chi connectivity index (χ4n) is 4.58. The van der Waals surface area contributed by atoms with Gasteiger partial charge in [-0.05, 0) is 44.5 Å². The minimum Gasteiger partial charge on any atom is -0.480 e. The molecular weight excluding hydrogens is 577 g/mol. The number of fused-ring (bicyclic) bond motifs is 1. The maximum atomic E-state index is 14.8. The van der Waals surface area contributed by atoms with Crippen LogP contribution in [0.25, 0.3) is 16.8 Å². The molecule has 3 heterocycles. The number of imidazole rings is 1. The number of aliphatic carboxylic acids is 1. The minimum atomic E-state index is -4.86. The molecule has 0 unspecified atom stereocenters. The number of benzene rings is 1. The molecule has 0 bridgehead atoms. The van der Waals surface area contributed by atoms with Crippen LogP contribution >= 0.6 is 0 Å². The number of aryl methyl sites for hydroxylation is 1. The summed E-state index contributed by atoms with van der Waals surface area (Å²) in [4.78, 5) is 42.0. The molecule has 0 aliphatic carbocycles. The lowest BCUT2D eigenvalue weighted by atomic mass is 9.99. The molecule has 4 rings (SSSR count). The second kappa shape index (κ2) is 11.9. The number of hydrogen-bond donors (Lipinski definition) is 3. The Morgan fingerprint density at radius 2 is 1.81 bits per heavy atom. The molecule has 0 spiro atoms. The number of halogens is 5. The molecule has 1 amide bonds. The Bertz CT molecular complexity index is 1780. The molecule has 14 heteroatoms. The summed E-state index contributed by atoms with van der Waals surface area (Å²) in [5.74, 6) is -4.67. The van der Waals surface area contributed by atoms with Crippen LogP contribution in [0.1, 0.15) is 47.6 Å². The van der Waals surface area contributed by atoms with Gasteiger partial charge in [0.1, 0.15) is 23.3 Å². The third kappa shape index (κ3) is 6.22. The van der Waals surface area contributed by atoms with E-state index < -0.39 is 64.4 Å². The minimum absolute atomic E-state index is 0.0584. The molecular formula is C29H28F5N5O4. The zero-order chi connectivity index (χ0) is 31.8. The summed E-state index contributed by atoms with van der Waals surface area (Å²) in [6.07, 6.45) is -2.02. The van der Waals surface area contributed by atoms with Crippen molar-refractivity contribution in [1.29, 1.82) is 0 Å². The summed E-state index contributed by atoms with van der Waals surface area (Å²) in [6.45, 7) is 4.97. The van der Waals surface area contributed by atoms with Crippen LogP contribution < -0.4 is 16.2 Å². The first-order valence-electron chi connectivity index (χ1n) is 13.2. The van der Waals surface area contributed by atoms with Gasteiger partial charge in [-0.2, -0.15) is 13.2 Å². The van der Waals surface area contributed by atoms with Crippen LogP contribution in [0.5, 0.6) is 0 Å². The van der Waals surface area contributed by atoms with Crippen molar-refractivity contribution in [2.75, 3.05) is 5.32 Å². The summed E-state index contributed by atoms with van der Waals surface area (Å²) in [6, 6.07) is 3.03. The number of carbonyl (C=O) groups is 2. The maximum absolute atomic E-state index is 14.8. The van der Waals surface area contributed by atoms with Crippen LogP contribution in [0.2, 0.25) is 0 Å². The van der Waals surface area contributed by atoms with Crippen molar-refractivity contribution in [2.45, 2.75) is 51.9 Å². The number of pyridine rings is 2. The number of alkyl halides is 3. The molecule has 4 aromatic rings. The fraction of sp³-hybridized carbons (Fsp3) is 0.310. The average molecular weight is 606 g/mol. The molecule has 228 valence electrons. The number of rotatable bonds is 9. The number of amides is 1. The Labute approximate surface area is 242 Å². The first-order valence-corrected chi connectivity index (χ1v) is 13.2. The highest BCUT2D eigenvalue weighted by Crippen LogP contribution is 2.37. The van der Waals surface area contributed by atoms with Gasteiger partial charge in [0.15, 0.2) is 0 Å². The number of carboxylic acid groups (broad SMARTS) is 1. The summed E-state index contributed by atoms with van der Waals surface area (Å²) in [5, 5.41) is 14.8. The highest BCUT2D eigenvalue weighted by atomic mass is 19.4. The van der Waals surface area contributed by atoms with E-state index in [0.717, 1.165) is 16.7 Å². The van der Waals surface area contributed by atoms with Gasteiger partial charge in [-0.3, -0.25) is 9.59 Å². The van der Waals surface area contributed by atoms with E-state index in [-0.39, 0.29) is 34.3 Å². The lowest BCUT2D eigenvalue weighted by Crippen LogP contribution is -2.43. The number of anilines is 1. The second-order valence-corrected chi connectivity index (χ2v) is 10.1. The van der Waals surface area contributed by atoms with Gasteiger partial charge < -0.3 is 24.7 Å². The molecule has 0 fully saturated rings. The van der Waals surface area contributed by atoms with Gasteiger partial charge in [-0.15, -0.1) is 0 Å². The van der Waals surface area contributed by atoms with E-state index in [1.54, 1.807) is 6.92 Å². The Hall–Kier alpha value is -4.75. The van der Waals surface area contributed by atoms with Crippen LogP contribution in [0.3, 0.4) is 0 Å². The summed E-state index contributed by atoms with van der Waals surface area (Å²) < 4.78 is 73.6. The van der Waals surface area contributed by atoms with Crippen molar-refractivity contribution in [3.63, 3.8) is 0 Å². The van der Waals surface area contributed by atoms with Gasteiger partial charge >= 0.3 is 12.1 Å². The van der Waals surface area contributed by atoms with Crippen LogP contribution in [-0.2, 0) is 24.4 Å². The van der Waals surface area contributed by atoms with E-state index in [2.05, 4.69) is 15.6 Å². The Balaban J connectivity index is 1.69. The van der Waals surface area contributed by atoms with Gasteiger partial charge in [0.2, 0.25) is 0 Å². The van der Waals surface area contributed by atoms with Crippen LogP contribution in [0, 0.1) is 18.6 Å². The number of hydrogen-bond acceptors (Lipinski definition) is 5. The molecule has 0 radical (unpaired) electrons. The molecule has 1 aromatic carbocycles. The molecule has 0 aliphatic heterocycles. The molecule has 3 aromatic heterocycles. The number of carbonyl (C=O) groups excluding carboxylic acids is 1. The van der Waals surface area contributed by atoms with Gasteiger partial charge in [-0.25, -0.2) is 18.6 Å². The Morgan fingerprint density at radius 3 is 2.44 bits per heavy atom. The normalized spacial score (nSPS) is 13.1. The lowest BCUT2D eigenvalue weighted by molar-refractivity contribution is -0.139. The van der Waals surface area contributed by atoms with Gasteiger partial charge in [0, 0.05) is 54.9 Å². The zero-order valence-electron chi connectivity index (χ0n) is 23.5. The van der Waals surface area contributed by atoms with Crippen molar-refractivity contribution in [3.8, 4) is 11.1 Å². The molecule has 43 heavy (non-hydrogen) atoms. The standard InChI is InChI=1S/C29H28F5N5O4/c1-5-14(2)36-22-13-20(30)18(12-21(22)31)26(40)37-23(28(42)43)11-16-6-7-17(25-35-8-9-39(16)25)24-19(29(32,33)34)10-15(3)38(4)27(24)41/h6-10,12-14,23,36H,5,11H2,1-4H3,(H,37,40)(H,42,43)/t14-,23-/m0/s1. The van der Waals surface area contributed by atoms with Crippen molar-refractivity contribution in [3.05, 3.63) is 87.2 Å². The predicted molar refractivity (Wildman–Crippen MR) is 148 cm³/mol. The smallest absolute Gasteiger partial charge is 0.417 e. The second-order valence-electron chi connectivity index (χ2n) is 10.1. The number of carboxylic acids is 1. The number of nitrogens with one attached hydrogen (secondary N) is 2. The molecule has 0 aliphatic rings. The van der Waals surface area contributed by atoms with Gasteiger partial charge in [0.25, 0.3) is 11.5 Å². The third-order valence-corrected chi connectivity index (χ3v) is 7.21. The first kappa shape index (κ1) is 31.2. The topological polar surface area (TPSA) is 118 Å². The molecule has 0 saturated carbocycles. The monoisotopic (exact) mass is 605 g/mol. The van der Waals surface area contributed by atoms with Gasteiger partial charge in [0.05, 0.1) is 22.4 Å². The van der Waals surface area contributed by atoms with E-state index >= 15 is 0 Å². The van der Waals surface area contributed by atoms with Crippen LogP contribution in [-0.4, -0.2) is 43.0 Å². The van der Waals surface area contributed by atoms with Crippen molar-refractivity contribution < 1.29 is 36.6 Å². The third-order valence-electron chi connectivity index (χ3n) is 7.21. The van der Waals surface area contributed by atoms with E-state index in [0.29, 0.717) is 12.5 Å². The summed E-state index contributed by atoms with van der Waals surface area (Å²) in [7, 11) is 1.34. The SMILES string of the molecule is CC[C@H](C)Nc1cc(F)c(C(=O)N[C@@H](Cc2ccc(-c3c(C(F)(F)F)cc(C)n(C)c3=O)c3nccn23)C(=O)O)cc1F. The van der Waals surface area contributed by atoms with Crippen molar-refractivity contribution >= 4 is 23.2 Å². The number of aromatic nitrogens is 3. The zero-order valence-corrected chi connectivity index (χ0v) is 23.5. The Morgan fingerprint density at radius 1 is 1.12 bits per heavy atom. The Kier molecular flexibility index (Phi) is 8.60. The summed E-state index contributed by atoms with van der Waals surface area (Å²) >= 11 is 0. The summed E-state index contributed by atoms with van der Waals surface area (Å²) in [5.41, 5.74) is -3.46. The fourth-order valence-corrected chi connectivity index (χ4v) is 4.58. The predicted octanol–water partition coefficient (Wildman–Crippen LogP) is 4.94. The van der Waals surface area contributed by atoms with E-state index in [9.17, 15) is 41.4 Å². The molecule has 3 N–H and O–H groups in total. The molecule has 2 atom stereocenters. The molecule has 9 nitrogen and oxygen atoms in total. The average Bonchev–Trinajstić information content (AvgIpc) is 3.43. The van der Waals surface area contributed by atoms with Crippen LogP contribution in [0.15, 0.2) is 47.5 Å². The van der Waals surface area contributed by atoms with Gasteiger partial charge in [-0.1, -0.05) is 6.92 Å². The van der Waals surface area contributed by atoms with Crippen LogP contribution in [0.4, 0.5) is 27.6 Å². The highest BCUT2D eigenvalue weighted by Gasteiger charge is 2.37. The first-order chi connectivity index (χ1) is 20.1.